The normalized spacial score (nSPS) is 10.1. The van der Waals surface area contributed by atoms with Gasteiger partial charge in [0, 0.05) is 20.1 Å². The van der Waals surface area contributed by atoms with Crippen LogP contribution in [-0.2, 0) is 11.2 Å². The standard InChI is InChI=1S/C10H15NO3/c1-3-8-4-5-9(14-8)10(12)11-6-7-13-2/h4-5H,3,6-7H2,1-2H3,(H,11,12). The second-order valence-electron chi connectivity index (χ2n) is 2.87. The van der Waals surface area contributed by atoms with Crippen molar-refractivity contribution in [1.29, 1.82) is 0 Å². The van der Waals surface area contributed by atoms with E-state index in [1.807, 2.05) is 13.0 Å². The van der Waals surface area contributed by atoms with Crippen molar-refractivity contribution in [2.24, 2.45) is 0 Å². The third-order valence-corrected chi connectivity index (χ3v) is 1.83. The monoisotopic (exact) mass is 197 g/mol. The van der Waals surface area contributed by atoms with E-state index in [1.165, 1.54) is 0 Å². The summed E-state index contributed by atoms with van der Waals surface area (Å²) in [5.74, 6) is 0.988. The van der Waals surface area contributed by atoms with Crippen molar-refractivity contribution < 1.29 is 13.9 Å². The van der Waals surface area contributed by atoms with Gasteiger partial charge in [0.2, 0.25) is 0 Å². The third kappa shape index (κ3) is 2.88. The molecule has 0 unspecified atom stereocenters. The summed E-state index contributed by atoms with van der Waals surface area (Å²) in [5.41, 5.74) is 0. The van der Waals surface area contributed by atoms with Crippen LogP contribution in [0.25, 0.3) is 0 Å². The van der Waals surface area contributed by atoms with E-state index in [9.17, 15) is 4.79 Å². The summed E-state index contributed by atoms with van der Waals surface area (Å²) in [6.45, 7) is 2.98. The maximum Gasteiger partial charge on any atom is 0.287 e. The van der Waals surface area contributed by atoms with Crippen LogP contribution >= 0.6 is 0 Å². The average molecular weight is 197 g/mol. The number of methoxy groups -OCH3 is 1. The number of carbonyl (C=O) groups excluding carboxylic acids is 1. The van der Waals surface area contributed by atoms with Gasteiger partial charge in [0.05, 0.1) is 6.61 Å². The van der Waals surface area contributed by atoms with Crippen molar-refractivity contribution in [3.8, 4) is 0 Å². The Balaban J connectivity index is 2.44. The fourth-order valence-electron chi connectivity index (χ4n) is 1.04. The van der Waals surface area contributed by atoms with Crippen molar-refractivity contribution in [3.05, 3.63) is 23.7 Å². The zero-order chi connectivity index (χ0) is 10.4. The molecular formula is C10H15NO3. The predicted molar refractivity (Wildman–Crippen MR) is 52.3 cm³/mol. The first-order valence-corrected chi connectivity index (χ1v) is 4.63. The maximum atomic E-state index is 11.4. The molecule has 1 heterocycles. The molecule has 0 radical (unpaired) electrons. The van der Waals surface area contributed by atoms with E-state index in [2.05, 4.69) is 5.32 Å². The van der Waals surface area contributed by atoms with Gasteiger partial charge in [0.1, 0.15) is 5.76 Å². The molecule has 0 aliphatic heterocycles. The van der Waals surface area contributed by atoms with E-state index >= 15 is 0 Å². The lowest BCUT2D eigenvalue weighted by Gasteiger charge is -2.01. The van der Waals surface area contributed by atoms with E-state index in [4.69, 9.17) is 9.15 Å². The molecule has 1 amide bonds. The molecule has 1 aromatic heterocycles. The van der Waals surface area contributed by atoms with Gasteiger partial charge >= 0.3 is 0 Å². The van der Waals surface area contributed by atoms with Crippen LogP contribution in [0.15, 0.2) is 16.5 Å². The number of carbonyl (C=O) groups is 1. The molecule has 78 valence electrons. The summed E-state index contributed by atoms with van der Waals surface area (Å²) in [5, 5.41) is 2.68. The molecule has 1 N–H and O–H groups in total. The number of hydrogen-bond donors (Lipinski definition) is 1. The zero-order valence-corrected chi connectivity index (χ0v) is 8.50. The van der Waals surface area contributed by atoms with E-state index in [1.54, 1.807) is 13.2 Å². The molecule has 0 bridgehead atoms. The summed E-state index contributed by atoms with van der Waals surface area (Å²) in [7, 11) is 1.59. The minimum absolute atomic E-state index is 0.193. The second-order valence-corrected chi connectivity index (χ2v) is 2.87. The Morgan fingerprint density at radius 3 is 2.93 bits per heavy atom. The van der Waals surface area contributed by atoms with Crippen molar-refractivity contribution in [1.82, 2.24) is 5.32 Å². The van der Waals surface area contributed by atoms with Crippen LogP contribution in [0.4, 0.5) is 0 Å². The summed E-state index contributed by atoms with van der Waals surface area (Å²) in [6.07, 6.45) is 0.797. The highest BCUT2D eigenvalue weighted by Crippen LogP contribution is 2.07. The summed E-state index contributed by atoms with van der Waals surface area (Å²) in [6, 6.07) is 3.49. The Hall–Kier alpha value is -1.29. The van der Waals surface area contributed by atoms with Crippen LogP contribution in [0.1, 0.15) is 23.2 Å². The first-order valence-electron chi connectivity index (χ1n) is 4.63. The number of rotatable bonds is 5. The Bertz CT molecular complexity index is 293. The number of nitrogens with one attached hydrogen (secondary N) is 1. The molecule has 1 aromatic rings. The zero-order valence-electron chi connectivity index (χ0n) is 8.50. The molecule has 0 aliphatic carbocycles. The van der Waals surface area contributed by atoms with Crippen LogP contribution in [-0.4, -0.2) is 26.2 Å². The van der Waals surface area contributed by atoms with Crippen molar-refractivity contribution >= 4 is 5.91 Å². The summed E-state index contributed by atoms with van der Waals surface area (Å²) >= 11 is 0. The van der Waals surface area contributed by atoms with Gasteiger partial charge < -0.3 is 14.5 Å². The molecule has 4 heteroatoms. The molecule has 0 saturated heterocycles. The lowest BCUT2D eigenvalue weighted by molar-refractivity contribution is 0.0908. The number of ether oxygens (including phenoxy) is 1. The van der Waals surface area contributed by atoms with E-state index in [0.717, 1.165) is 12.2 Å². The number of hydrogen-bond acceptors (Lipinski definition) is 3. The largest absolute Gasteiger partial charge is 0.456 e. The van der Waals surface area contributed by atoms with Gasteiger partial charge in [-0.2, -0.15) is 0 Å². The Labute approximate surface area is 83.2 Å². The van der Waals surface area contributed by atoms with Gasteiger partial charge in [-0.25, -0.2) is 0 Å². The van der Waals surface area contributed by atoms with Gasteiger partial charge in [-0.3, -0.25) is 4.79 Å². The fourth-order valence-corrected chi connectivity index (χ4v) is 1.04. The van der Waals surface area contributed by atoms with Crippen molar-refractivity contribution in [2.45, 2.75) is 13.3 Å². The van der Waals surface area contributed by atoms with Crippen LogP contribution in [0, 0.1) is 0 Å². The smallest absolute Gasteiger partial charge is 0.287 e. The molecule has 0 aromatic carbocycles. The SMILES string of the molecule is CCc1ccc(C(=O)NCCOC)o1. The third-order valence-electron chi connectivity index (χ3n) is 1.83. The van der Waals surface area contributed by atoms with Gasteiger partial charge in [-0.1, -0.05) is 6.92 Å². The first-order chi connectivity index (χ1) is 6.77. The van der Waals surface area contributed by atoms with Gasteiger partial charge in [-0.15, -0.1) is 0 Å². The quantitative estimate of drug-likeness (QED) is 0.722. The molecule has 4 nitrogen and oxygen atoms in total. The van der Waals surface area contributed by atoms with Gasteiger partial charge in [0.25, 0.3) is 5.91 Å². The van der Waals surface area contributed by atoms with Crippen LogP contribution in [0.2, 0.25) is 0 Å². The predicted octanol–water partition coefficient (Wildman–Crippen LogP) is 1.22. The van der Waals surface area contributed by atoms with Crippen molar-refractivity contribution in [2.75, 3.05) is 20.3 Å². The van der Waals surface area contributed by atoms with Crippen LogP contribution in [0.3, 0.4) is 0 Å². The second kappa shape index (κ2) is 5.44. The fraction of sp³-hybridized carbons (Fsp3) is 0.500. The number of amides is 1. The Morgan fingerprint density at radius 1 is 1.57 bits per heavy atom. The van der Waals surface area contributed by atoms with Gasteiger partial charge in [0.15, 0.2) is 5.76 Å². The number of aryl methyl sites for hydroxylation is 1. The minimum Gasteiger partial charge on any atom is -0.456 e. The summed E-state index contributed by atoms with van der Waals surface area (Å²) < 4.78 is 10.1. The summed E-state index contributed by atoms with van der Waals surface area (Å²) in [4.78, 5) is 11.4. The lowest BCUT2D eigenvalue weighted by Crippen LogP contribution is -2.26. The molecule has 0 atom stereocenters. The molecule has 0 saturated carbocycles. The van der Waals surface area contributed by atoms with Gasteiger partial charge in [-0.05, 0) is 12.1 Å². The van der Waals surface area contributed by atoms with E-state index < -0.39 is 0 Å². The van der Waals surface area contributed by atoms with Crippen LogP contribution in [0.5, 0.6) is 0 Å². The topological polar surface area (TPSA) is 51.5 Å². The highest BCUT2D eigenvalue weighted by molar-refractivity contribution is 5.91. The molecule has 1 rings (SSSR count). The molecule has 0 aliphatic rings. The van der Waals surface area contributed by atoms with Crippen LogP contribution < -0.4 is 5.32 Å². The average Bonchev–Trinajstić information content (AvgIpc) is 2.66. The first kappa shape index (κ1) is 10.8. The number of furan rings is 1. The molecule has 14 heavy (non-hydrogen) atoms. The lowest BCUT2D eigenvalue weighted by atomic mass is 10.3. The highest BCUT2D eigenvalue weighted by atomic mass is 16.5. The van der Waals surface area contributed by atoms with E-state index in [0.29, 0.717) is 18.9 Å². The molecule has 0 spiro atoms. The highest BCUT2D eigenvalue weighted by Gasteiger charge is 2.09. The molecule has 0 fully saturated rings. The molecular weight excluding hydrogens is 182 g/mol. The van der Waals surface area contributed by atoms with E-state index in [-0.39, 0.29) is 5.91 Å². The Morgan fingerprint density at radius 2 is 2.36 bits per heavy atom. The minimum atomic E-state index is -0.193. The Kier molecular flexibility index (Phi) is 4.19. The maximum absolute atomic E-state index is 11.4. The van der Waals surface area contributed by atoms with Crippen molar-refractivity contribution in [3.63, 3.8) is 0 Å².